The van der Waals surface area contributed by atoms with Crippen LogP contribution in [0, 0.1) is 31.1 Å². The SMILES string of the molecule is Cc1ccc(C(=O)N2C[C@@H]3CN(C(=O)C4CCC4)C[C@]3(C(=O)O)C2)c(C)c1. The van der Waals surface area contributed by atoms with Gasteiger partial charge in [0.25, 0.3) is 5.91 Å². The smallest absolute Gasteiger partial charge is 0.313 e. The molecule has 2 heterocycles. The summed E-state index contributed by atoms with van der Waals surface area (Å²) in [6.45, 7) is 5.12. The van der Waals surface area contributed by atoms with E-state index in [9.17, 15) is 19.5 Å². The topological polar surface area (TPSA) is 77.9 Å². The van der Waals surface area contributed by atoms with Crippen molar-refractivity contribution in [1.82, 2.24) is 9.80 Å². The van der Waals surface area contributed by atoms with E-state index in [0.29, 0.717) is 18.7 Å². The van der Waals surface area contributed by atoms with Gasteiger partial charge in [-0.2, -0.15) is 0 Å². The molecule has 0 radical (unpaired) electrons. The standard InChI is InChI=1S/C21H26N2O4/c1-13-6-7-17(14(2)8-13)19(25)23-10-16-9-22(18(24)15-4-3-5-15)11-21(16,12-23)20(26)27/h6-8,15-16H,3-5,9-12H2,1-2H3,(H,26,27)/t16-,21-/m0/s1. The minimum absolute atomic E-state index is 0.0719. The lowest BCUT2D eigenvalue weighted by Gasteiger charge is -2.31. The average molecular weight is 370 g/mol. The molecular weight excluding hydrogens is 344 g/mol. The van der Waals surface area contributed by atoms with Crippen molar-refractivity contribution in [2.24, 2.45) is 17.3 Å². The summed E-state index contributed by atoms with van der Waals surface area (Å²) in [5, 5.41) is 9.97. The van der Waals surface area contributed by atoms with Crippen molar-refractivity contribution in [3.63, 3.8) is 0 Å². The van der Waals surface area contributed by atoms with Gasteiger partial charge < -0.3 is 14.9 Å². The third kappa shape index (κ3) is 2.82. The molecule has 1 aliphatic carbocycles. The fourth-order valence-electron chi connectivity index (χ4n) is 4.83. The number of amides is 2. The number of carboxylic acid groups (broad SMARTS) is 1. The Morgan fingerprint density at radius 3 is 2.30 bits per heavy atom. The molecule has 0 unspecified atom stereocenters. The highest BCUT2D eigenvalue weighted by Gasteiger charge is 2.59. The third-order valence-electron chi connectivity index (χ3n) is 6.70. The summed E-state index contributed by atoms with van der Waals surface area (Å²) in [7, 11) is 0. The predicted octanol–water partition coefficient (Wildman–Crippen LogP) is 2.09. The zero-order valence-corrected chi connectivity index (χ0v) is 15.9. The molecule has 2 atom stereocenters. The number of hydrogen-bond donors (Lipinski definition) is 1. The number of carboxylic acids is 1. The normalized spacial score (nSPS) is 27.4. The zero-order chi connectivity index (χ0) is 19.3. The maximum Gasteiger partial charge on any atom is 0.313 e. The van der Waals surface area contributed by atoms with Gasteiger partial charge in [0.05, 0.1) is 0 Å². The molecule has 0 spiro atoms. The fraction of sp³-hybridized carbons (Fsp3) is 0.571. The minimum atomic E-state index is -1.03. The number of carbonyl (C=O) groups is 3. The van der Waals surface area contributed by atoms with Gasteiger partial charge in [-0.15, -0.1) is 0 Å². The van der Waals surface area contributed by atoms with Crippen LogP contribution in [0.15, 0.2) is 18.2 Å². The van der Waals surface area contributed by atoms with Crippen LogP contribution < -0.4 is 0 Å². The van der Waals surface area contributed by atoms with E-state index >= 15 is 0 Å². The monoisotopic (exact) mass is 370 g/mol. The molecule has 6 nitrogen and oxygen atoms in total. The van der Waals surface area contributed by atoms with Crippen LogP contribution in [0.3, 0.4) is 0 Å². The van der Waals surface area contributed by atoms with E-state index in [-0.39, 0.29) is 36.7 Å². The Bertz CT molecular complexity index is 816. The molecule has 3 fully saturated rings. The van der Waals surface area contributed by atoms with Crippen molar-refractivity contribution in [3.05, 3.63) is 34.9 Å². The van der Waals surface area contributed by atoms with Gasteiger partial charge in [-0.05, 0) is 38.3 Å². The summed E-state index contributed by atoms with van der Waals surface area (Å²) in [5.41, 5.74) is 1.59. The first kappa shape index (κ1) is 18.0. The lowest BCUT2D eigenvalue weighted by atomic mass is 9.81. The molecule has 27 heavy (non-hydrogen) atoms. The van der Waals surface area contributed by atoms with Gasteiger partial charge in [0.2, 0.25) is 5.91 Å². The van der Waals surface area contributed by atoms with Crippen molar-refractivity contribution in [1.29, 1.82) is 0 Å². The van der Waals surface area contributed by atoms with E-state index in [2.05, 4.69) is 0 Å². The van der Waals surface area contributed by atoms with E-state index in [1.165, 1.54) is 0 Å². The number of benzene rings is 1. The van der Waals surface area contributed by atoms with Crippen LogP contribution in [-0.4, -0.2) is 58.9 Å². The molecular formula is C21H26N2O4. The summed E-state index contributed by atoms with van der Waals surface area (Å²) in [6, 6.07) is 5.69. The second-order valence-corrected chi connectivity index (χ2v) is 8.51. The minimum Gasteiger partial charge on any atom is -0.481 e. The van der Waals surface area contributed by atoms with E-state index in [1.807, 2.05) is 32.0 Å². The Kier molecular flexibility index (Phi) is 4.24. The Morgan fingerprint density at radius 2 is 1.74 bits per heavy atom. The van der Waals surface area contributed by atoms with Gasteiger partial charge in [-0.1, -0.05) is 24.1 Å². The molecule has 0 aromatic heterocycles. The molecule has 2 aliphatic heterocycles. The second-order valence-electron chi connectivity index (χ2n) is 8.51. The van der Waals surface area contributed by atoms with E-state index in [4.69, 9.17) is 0 Å². The first-order chi connectivity index (χ1) is 12.8. The molecule has 2 saturated heterocycles. The molecule has 1 N–H and O–H groups in total. The summed E-state index contributed by atoms with van der Waals surface area (Å²) < 4.78 is 0. The number of hydrogen-bond acceptors (Lipinski definition) is 3. The number of nitrogens with zero attached hydrogens (tertiary/aromatic N) is 2. The Morgan fingerprint density at radius 1 is 1.07 bits per heavy atom. The van der Waals surface area contributed by atoms with Crippen molar-refractivity contribution in [2.75, 3.05) is 26.2 Å². The Hall–Kier alpha value is -2.37. The molecule has 1 saturated carbocycles. The Labute approximate surface area is 159 Å². The largest absolute Gasteiger partial charge is 0.481 e. The van der Waals surface area contributed by atoms with Crippen molar-refractivity contribution >= 4 is 17.8 Å². The molecule has 6 heteroatoms. The molecule has 1 aromatic carbocycles. The number of aryl methyl sites for hydroxylation is 2. The zero-order valence-electron chi connectivity index (χ0n) is 15.9. The summed E-state index contributed by atoms with van der Waals surface area (Å²) in [4.78, 5) is 41.2. The van der Waals surface area contributed by atoms with Crippen LogP contribution in [-0.2, 0) is 9.59 Å². The lowest BCUT2D eigenvalue weighted by Crippen LogP contribution is -2.45. The molecule has 1 aromatic rings. The maximum atomic E-state index is 13.0. The maximum absolute atomic E-state index is 13.0. The fourth-order valence-corrected chi connectivity index (χ4v) is 4.83. The lowest BCUT2D eigenvalue weighted by molar-refractivity contribution is -0.149. The van der Waals surface area contributed by atoms with Crippen LogP contribution in [0.25, 0.3) is 0 Å². The summed E-state index contributed by atoms with van der Waals surface area (Å²) >= 11 is 0. The predicted molar refractivity (Wildman–Crippen MR) is 99.3 cm³/mol. The summed E-state index contributed by atoms with van der Waals surface area (Å²) in [5.74, 6) is -1.04. The first-order valence-corrected chi connectivity index (χ1v) is 9.70. The molecule has 4 rings (SSSR count). The van der Waals surface area contributed by atoms with Gasteiger partial charge in [-0.3, -0.25) is 14.4 Å². The Balaban J connectivity index is 1.53. The number of aliphatic carboxylic acids is 1. The van der Waals surface area contributed by atoms with Crippen molar-refractivity contribution in [3.8, 4) is 0 Å². The molecule has 0 bridgehead atoms. The van der Waals surface area contributed by atoms with Crippen LogP contribution in [0.5, 0.6) is 0 Å². The molecule has 3 aliphatic rings. The van der Waals surface area contributed by atoms with Gasteiger partial charge in [0.1, 0.15) is 5.41 Å². The highest BCUT2D eigenvalue weighted by molar-refractivity contribution is 5.96. The number of rotatable bonds is 3. The molecule has 2 amide bonds. The van der Waals surface area contributed by atoms with Crippen LogP contribution in [0.4, 0.5) is 0 Å². The third-order valence-corrected chi connectivity index (χ3v) is 6.70. The van der Waals surface area contributed by atoms with Gasteiger partial charge in [0.15, 0.2) is 0 Å². The van der Waals surface area contributed by atoms with Crippen molar-refractivity contribution < 1.29 is 19.5 Å². The highest BCUT2D eigenvalue weighted by atomic mass is 16.4. The number of carbonyl (C=O) groups excluding carboxylic acids is 2. The average Bonchev–Trinajstić information content (AvgIpc) is 3.08. The van der Waals surface area contributed by atoms with Crippen molar-refractivity contribution in [2.45, 2.75) is 33.1 Å². The van der Waals surface area contributed by atoms with E-state index < -0.39 is 11.4 Å². The van der Waals surface area contributed by atoms with E-state index in [0.717, 1.165) is 30.4 Å². The second kappa shape index (κ2) is 6.36. The van der Waals surface area contributed by atoms with Gasteiger partial charge in [-0.25, -0.2) is 0 Å². The van der Waals surface area contributed by atoms with Crippen LogP contribution >= 0.6 is 0 Å². The summed E-state index contributed by atoms with van der Waals surface area (Å²) in [6.07, 6.45) is 2.91. The van der Waals surface area contributed by atoms with Gasteiger partial charge >= 0.3 is 5.97 Å². The highest BCUT2D eigenvalue weighted by Crippen LogP contribution is 2.44. The van der Waals surface area contributed by atoms with Crippen LogP contribution in [0.2, 0.25) is 0 Å². The number of likely N-dealkylation sites (tertiary alicyclic amines) is 2. The van der Waals surface area contributed by atoms with Crippen LogP contribution in [0.1, 0.15) is 40.7 Å². The van der Waals surface area contributed by atoms with E-state index in [1.54, 1.807) is 9.80 Å². The van der Waals surface area contributed by atoms with Gasteiger partial charge in [0, 0.05) is 43.6 Å². The number of fused-ring (bicyclic) bond motifs is 1. The first-order valence-electron chi connectivity index (χ1n) is 9.70. The quantitative estimate of drug-likeness (QED) is 0.884. The molecule has 144 valence electrons.